The number of pyridine rings is 2. The van der Waals surface area contributed by atoms with Crippen LogP contribution in [0, 0.1) is 13.8 Å². The van der Waals surface area contributed by atoms with Crippen molar-refractivity contribution in [2.24, 2.45) is 0 Å². The minimum Gasteiger partial charge on any atom is -0.341 e. The molecule has 0 atom stereocenters. The standard InChI is InChI=1S/2C11H9N3.2C2H6/c2*1-7-13-10-6-12-9-5-3-2-4-8(9)11(10)14-7;2*1-2/h2*2-6H,1H3,(H,13,14);2*1-2H3. The van der Waals surface area contributed by atoms with Gasteiger partial charge >= 0.3 is 0 Å². The van der Waals surface area contributed by atoms with Crippen LogP contribution >= 0.6 is 0 Å². The van der Waals surface area contributed by atoms with Gasteiger partial charge in [0.15, 0.2) is 0 Å². The smallest absolute Gasteiger partial charge is 0.104 e. The first-order valence-electron chi connectivity index (χ1n) is 11.1. The van der Waals surface area contributed by atoms with E-state index in [0.717, 1.165) is 55.5 Å². The van der Waals surface area contributed by atoms with Gasteiger partial charge in [0.25, 0.3) is 0 Å². The summed E-state index contributed by atoms with van der Waals surface area (Å²) in [6, 6.07) is 16.1. The number of aryl methyl sites for hydroxylation is 2. The fourth-order valence-electron chi connectivity index (χ4n) is 3.46. The second-order valence-corrected chi connectivity index (χ2v) is 6.72. The minimum atomic E-state index is 0.929. The minimum absolute atomic E-state index is 0.929. The van der Waals surface area contributed by atoms with E-state index >= 15 is 0 Å². The van der Waals surface area contributed by atoms with E-state index in [4.69, 9.17) is 0 Å². The molecule has 0 amide bonds. The molecule has 2 aromatic carbocycles. The van der Waals surface area contributed by atoms with Gasteiger partial charge in [-0.1, -0.05) is 64.1 Å². The van der Waals surface area contributed by atoms with Crippen molar-refractivity contribution in [3.63, 3.8) is 0 Å². The highest BCUT2D eigenvalue weighted by Gasteiger charge is 2.05. The van der Waals surface area contributed by atoms with Crippen LogP contribution in [0.4, 0.5) is 0 Å². The third-order valence-corrected chi connectivity index (χ3v) is 4.68. The predicted octanol–water partition coefficient (Wildman–Crippen LogP) is 6.89. The Labute approximate surface area is 188 Å². The number of imidazole rings is 2. The molecule has 0 unspecified atom stereocenters. The highest BCUT2D eigenvalue weighted by Crippen LogP contribution is 2.21. The number of nitrogens with one attached hydrogen (secondary N) is 2. The number of aromatic nitrogens is 6. The summed E-state index contributed by atoms with van der Waals surface area (Å²) in [4.78, 5) is 23.9. The van der Waals surface area contributed by atoms with Crippen LogP contribution in [0.25, 0.3) is 43.9 Å². The summed E-state index contributed by atoms with van der Waals surface area (Å²) in [6.45, 7) is 11.9. The zero-order valence-corrected chi connectivity index (χ0v) is 19.6. The van der Waals surface area contributed by atoms with Gasteiger partial charge in [-0.25, -0.2) is 9.97 Å². The van der Waals surface area contributed by atoms with E-state index in [0.29, 0.717) is 0 Å². The first-order valence-corrected chi connectivity index (χ1v) is 11.1. The fourth-order valence-corrected chi connectivity index (χ4v) is 3.46. The van der Waals surface area contributed by atoms with Crippen LogP contribution in [0.15, 0.2) is 60.9 Å². The molecule has 4 aromatic heterocycles. The third kappa shape index (κ3) is 4.59. The van der Waals surface area contributed by atoms with Gasteiger partial charge in [0.2, 0.25) is 0 Å². The van der Waals surface area contributed by atoms with Crippen molar-refractivity contribution in [3.8, 4) is 0 Å². The van der Waals surface area contributed by atoms with E-state index in [2.05, 4.69) is 29.9 Å². The molecule has 0 fully saturated rings. The third-order valence-electron chi connectivity index (χ3n) is 4.68. The number of rotatable bonds is 0. The summed E-state index contributed by atoms with van der Waals surface area (Å²) in [5, 5.41) is 2.21. The molecule has 0 saturated heterocycles. The molecule has 32 heavy (non-hydrogen) atoms. The van der Waals surface area contributed by atoms with Crippen LogP contribution in [0.3, 0.4) is 0 Å². The Bertz CT molecular complexity index is 1330. The molecule has 0 bridgehead atoms. The van der Waals surface area contributed by atoms with Crippen LogP contribution in [0.5, 0.6) is 0 Å². The SMILES string of the molecule is CC.CC.Cc1nc2c(cnc3ccccc32)[nH]1.Cc1nc2c(cnc3ccccc32)[nH]1. The van der Waals surface area contributed by atoms with Gasteiger partial charge in [0.05, 0.1) is 45.5 Å². The summed E-state index contributed by atoms with van der Waals surface area (Å²) in [5.74, 6) is 1.86. The quantitative estimate of drug-likeness (QED) is 0.277. The summed E-state index contributed by atoms with van der Waals surface area (Å²) in [7, 11) is 0. The van der Waals surface area contributed by atoms with Crippen LogP contribution < -0.4 is 0 Å². The van der Waals surface area contributed by atoms with Crippen molar-refractivity contribution in [1.82, 2.24) is 29.9 Å². The van der Waals surface area contributed by atoms with Gasteiger partial charge in [-0.15, -0.1) is 0 Å². The van der Waals surface area contributed by atoms with Gasteiger partial charge in [-0.2, -0.15) is 0 Å². The molecule has 6 aromatic rings. The lowest BCUT2D eigenvalue weighted by molar-refractivity contribution is 1.17. The molecule has 0 aliphatic carbocycles. The molecule has 0 aliphatic heterocycles. The number of nitrogens with zero attached hydrogens (tertiary/aromatic N) is 4. The van der Waals surface area contributed by atoms with Gasteiger partial charge in [-0.05, 0) is 26.0 Å². The van der Waals surface area contributed by atoms with Crippen molar-refractivity contribution in [1.29, 1.82) is 0 Å². The van der Waals surface area contributed by atoms with Crippen LogP contribution in [0.2, 0.25) is 0 Å². The fraction of sp³-hybridized carbons (Fsp3) is 0.231. The molecule has 2 N–H and O–H groups in total. The first kappa shape index (κ1) is 22.9. The molecule has 4 heterocycles. The summed E-state index contributed by atoms with van der Waals surface area (Å²) in [6.07, 6.45) is 3.66. The Morgan fingerprint density at radius 3 is 1.34 bits per heavy atom. The molecule has 6 heteroatoms. The molecule has 0 saturated carbocycles. The Morgan fingerprint density at radius 2 is 0.938 bits per heavy atom. The number of benzene rings is 2. The number of H-pyrrole nitrogens is 2. The number of para-hydroxylation sites is 2. The second-order valence-electron chi connectivity index (χ2n) is 6.72. The predicted molar refractivity (Wildman–Crippen MR) is 135 cm³/mol. The van der Waals surface area contributed by atoms with E-state index in [1.807, 2.05) is 102 Å². The lowest BCUT2D eigenvalue weighted by Crippen LogP contribution is -1.79. The molecule has 6 rings (SSSR count). The average molecular weight is 427 g/mol. The van der Waals surface area contributed by atoms with E-state index in [9.17, 15) is 0 Å². The molecule has 6 nitrogen and oxygen atoms in total. The van der Waals surface area contributed by atoms with Gasteiger partial charge in [0.1, 0.15) is 11.6 Å². The van der Waals surface area contributed by atoms with Crippen molar-refractivity contribution < 1.29 is 0 Å². The van der Waals surface area contributed by atoms with Crippen molar-refractivity contribution in [2.45, 2.75) is 41.5 Å². The molecular formula is C26H30N6. The van der Waals surface area contributed by atoms with Gasteiger partial charge < -0.3 is 9.97 Å². The maximum Gasteiger partial charge on any atom is 0.104 e. The summed E-state index contributed by atoms with van der Waals surface area (Å²) < 4.78 is 0. The highest BCUT2D eigenvalue weighted by molar-refractivity contribution is 6.02. The molecule has 0 spiro atoms. The van der Waals surface area contributed by atoms with Crippen LogP contribution in [-0.2, 0) is 0 Å². The Morgan fingerprint density at radius 1 is 0.562 bits per heavy atom. The normalized spacial score (nSPS) is 10.2. The Kier molecular flexibility index (Phi) is 7.49. The number of hydrogen-bond donors (Lipinski definition) is 2. The van der Waals surface area contributed by atoms with Gasteiger partial charge in [-0.3, -0.25) is 9.97 Å². The summed E-state index contributed by atoms with van der Waals surface area (Å²) >= 11 is 0. The average Bonchev–Trinajstić information content (AvgIpc) is 3.43. The second kappa shape index (κ2) is 10.5. The maximum atomic E-state index is 4.45. The topological polar surface area (TPSA) is 83.1 Å². The number of hydrogen-bond acceptors (Lipinski definition) is 4. The van der Waals surface area contributed by atoms with E-state index in [1.54, 1.807) is 0 Å². The molecule has 0 radical (unpaired) electrons. The number of aromatic amines is 2. The van der Waals surface area contributed by atoms with Crippen molar-refractivity contribution in [2.75, 3.05) is 0 Å². The number of fused-ring (bicyclic) bond motifs is 6. The zero-order valence-electron chi connectivity index (χ0n) is 19.6. The van der Waals surface area contributed by atoms with Crippen LogP contribution in [-0.4, -0.2) is 29.9 Å². The lowest BCUT2D eigenvalue weighted by atomic mass is 10.2. The molecule has 164 valence electrons. The Hall–Kier alpha value is -3.80. The monoisotopic (exact) mass is 426 g/mol. The highest BCUT2D eigenvalue weighted by atomic mass is 14.9. The molecule has 0 aliphatic rings. The maximum absolute atomic E-state index is 4.45. The molecular weight excluding hydrogens is 396 g/mol. The summed E-state index contributed by atoms with van der Waals surface area (Å²) in [5.41, 5.74) is 6.00. The Balaban J connectivity index is 0.000000157. The lowest BCUT2D eigenvalue weighted by Gasteiger charge is -1.95. The van der Waals surface area contributed by atoms with Crippen molar-refractivity contribution >= 4 is 43.9 Å². The van der Waals surface area contributed by atoms with E-state index in [1.165, 1.54) is 0 Å². The zero-order chi connectivity index (χ0) is 23.1. The van der Waals surface area contributed by atoms with E-state index < -0.39 is 0 Å². The van der Waals surface area contributed by atoms with E-state index in [-0.39, 0.29) is 0 Å². The largest absolute Gasteiger partial charge is 0.341 e. The van der Waals surface area contributed by atoms with Crippen LogP contribution in [0.1, 0.15) is 39.3 Å². The first-order chi connectivity index (χ1) is 15.7. The van der Waals surface area contributed by atoms with Gasteiger partial charge in [0, 0.05) is 10.8 Å². The van der Waals surface area contributed by atoms with Crippen molar-refractivity contribution in [3.05, 3.63) is 72.6 Å².